The van der Waals surface area contributed by atoms with E-state index in [1.807, 2.05) is 122 Å². The third-order valence-corrected chi connectivity index (χ3v) is 33.8. The number of aliphatic hydroxyl groups is 2. The number of carbonyl (C=O) groups is 6. The Morgan fingerprint density at radius 1 is 0.444 bits per heavy atom. The second-order valence-corrected chi connectivity index (χ2v) is 68.5. The van der Waals surface area contributed by atoms with Crippen LogP contribution in [-0.4, -0.2) is 242 Å². The van der Waals surface area contributed by atoms with E-state index in [0.717, 1.165) is 156 Å². The Morgan fingerprint density at radius 2 is 0.824 bits per heavy atom. The molecule has 1 saturated heterocycles. The van der Waals surface area contributed by atoms with Crippen molar-refractivity contribution in [1.29, 1.82) is 0 Å². The van der Waals surface area contributed by atoms with Crippen molar-refractivity contribution in [3.63, 3.8) is 0 Å². The fourth-order valence-electron chi connectivity index (χ4n) is 17.2. The number of carbonyl (C=O) groups excluding carboxylic acids is 6. The summed E-state index contributed by atoms with van der Waals surface area (Å²) < 4.78 is 24.0. The van der Waals surface area contributed by atoms with Crippen molar-refractivity contribution in [2.75, 3.05) is 123 Å². The molecule has 6 amide bonds. The maximum atomic E-state index is 13.0. The Labute approximate surface area is 864 Å². The predicted molar refractivity (Wildman–Crippen MR) is 581 cm³/mol. The summed E-state index contributed by atoms with van der Waals surface area (Å²) in [5, 5.41) is 41.7. The Hall–Kier alpha value is -9.63. The molecular formula is C103H139Br2Cl2N18O13Si4+. The van der Waals surface area contributed by atoms with Gasteiger partial charge in [0.1, 0.15) is 73.1 Å². The number of pyridine rings is 8. The number of allylic oxidation sites excluding steroid dienone is 6. The quantitative estimate of drug-likeness (QED) is 0.00780. The number of alkyl halides is 4. The van der Waals surface area contributed by atoms with Gasteiger partial charge in [0.25, 0.3) is 5.91 Å². The number of rotatable bonds is 22. The van der Waals surface area contributed by atoms with Gasteiger partial charge in [-0.2, -0.15) is 4.65 Å². The number of amides is 6. The number of aromatic nitrogens is 10. The number of piperidine rings is 1. The molecule has 7 aliphatic heterocycles. The number of nitrogens with zero attached hydrogens (tertiary/aromatic N) is 13. The van der Waals surface area contributed by atoms with Crippen molar-refractivity contribution in [3.8, 4) is 0 Å². The van der Waals surface area contributed by atoms with Crippen LogP contribution in [-0.2, 0) is 85.8 Å². The highest BCUT2D eigenvalue weighted by molar-refractivity contribution is 9.25. The zero-order valence-electron chi connectivity index (χ0n) is 84.2. The molecule has 20 rings (SSSR count). The van der Waals surface area contributed by atoms with Crippen molar-refractivity contribution in [3.05, 3.63) is 241 Å². The van der Waals surface area contributed by atoms with Crippen LogP contribution in [0.25, 0.3) is 22.1 Å². The van der Waals surface area contributed by atoms with Crippen LogP contribution in [0.2, 0.25) is 103 Å². The van der Waals surface area contributed by atoms with Crippen molar-refractivity contribution in [2.45, 2.75) is 204 Å². The number of anilines is 6. The Kier molecular flexibility index (Phi) is 40.0. The fourth-order valence-corrected chi connectivity index (χ4v) is 21.5. The molecule has 4 spiro atoms. The first kappa shape index (κ1) is 113. The normalized spacial score (nSPS) is 18.9. The standard InChI is InChI=1S/C17H24N2O2Si.C13H18Br2N2O2Si.C13H20N2O2Si.C13H20N2OSi.C11H13N3O.C11H12N2O3.C11H10N2O.C7H6N2.C4H6Cl2.C3H10NO/c1-22(2,3)12-11-21-13-19-15-14(7-6-10-18-15)17(16(19)20)8-4-5-9-17;1-20(2,3)8-7-19-9-17-11-10(5-4-6-16-11)13(14,15)12(17)18;1-18(2,3)8-7-17-10-15-12(16)9-11-5-4-6-14-13(11)15;1-17(2,3)10-9-16-11-15-8-6-12-5-4-7-14-13(12)15;15-10-11(3-6-12-7-4-11)8-2-1-5-13-9(8)14-10;14-7-4-11(5-8(7)15)6-2-1-3-12-9(6)13-10(11)16;14-10-11(5-1-2-6-11)8-4-3-7-12-9(8)13-10;1-2-6-3-5-9-7(6)8-4-1;5-3-1-2-4-6;1-4(2,3)5/h4-7,10H,8-9,11-13H2,1-3H3;4-6H,7-9H2,1-3H3;4-6H,7-10H2,1-3H3;4-8H,9-11H2,1-3H3;1-2,5,12H,3-4,6-7H2,(H,13,14,15);1-3,7-8,14-15H,4-5H2,(H,12,13,16);1-4,7H,5-6H2,(H,12,13,14);1-5H,(H,8,9);1-2H,3-4H2;5H,1-3H3/q;;;;;;;;;+1/b;;;;;;;;2-1-;. The van der Waals surface area contributed by atoms with E-state index in [1.54, 1.807) is 85.3 Å². The molecule has 10 aliphatic rings. The number of hydrogen-bond donors (Lipinski definition) is 8. The highest BCUT2D eigenvalue weighted by Crippen LogP contribution is 2.52. The van der Waals surface area contributed by atoms with Crippen molar-refractivity contribution >= 4 is 180 Å². The first-order valence-corrected chi connectivity index (χ1v) is 65.6. The van der Waals surface area contributed by atoms with Crippen LogP contribution in [0.15, 0.2) is 208 Å². The van der Waals surface area contributed by atoms with Crippen LogP contribution in [0.5, 0.6) is 0 Å². The summed E-state index contributed by atoms with van der Waals surface area (Å²) in [7, 11) is 0.770. The average Bonchev–Trinajstić information content (AvgIpc) is 1.57. The molecule has 2 atom stereocenters. The Bertz CT molecular complexity index is 5950. The van der Waals surface area contributed by atoms with E-state index in [0.29, 0.717) is 63.2 Å². The minimum Gasteiger partial charge on any atom is -0.390 e. The zero-order valence-corrected chi connectivity index (χ0v) is 92.9. The van der Waals surface area contributed by atoms with Crippen LogP contribution in [0.1, 0.15) is 84.7 Å². The first-order chi connectivity index (χ1) is 67.4. The third-order valence-electron chi connectivity index (χ3n) is 25.1. The summed E-state index contributed by atoms with van der Waals surface area (Å²) in [6.45, 7) is 34.2. The van der Waals surface area contributed by atoms with Gasteiger partial charge in [-0.1, -0.05) is 183 Å². The summed E-state index contributed by atoms with van der Waals surface area (Å²) in [6.07, 6.45) is 33.9. The van der Waals surface area contributed by atoms with Crippen LogP contribution in [0, 0.1) is 0 Å². The second-order valence-electron chi connectivity index (χ2n) is 42.0. The van der Waals surface area contributed by atoms with Gasteiger partial charge in [-0.3, -0.25) is 43.5 Å². The van der Waals surface area contributed by atoms with Gasteiger partial charge in [0.2, 0.25) is 29.5 Å². The summed E-state index contributed by atoms with van der Waals surface area (Å²) in [6, 6.07) is 39.4. The van der Waals surface area contributed by atoms with E-state index < -0.39 is 58.6 Å². The number of hydrogen-bond acceptors (Lipinski definition) is 22. The predicted octanol–water partition coefficient (Wildman–Crippen LogP) is 18.4. The average molecular weight is 2180 g/mol. The minimum absolute atomic E-state index is 0. The molecule has 0 aromatic carbocycles. The molecule has 762 valence electrons. The zero-order chi connectivity index (χ0) is 103. The van der Waals surface area contributed by atoms with Crippen LogP contribution >= 0.6 is 55.1 Å². The van der Waals surface area contributed by atoms with Crippen LogP contribution in [0.4, 0.5) is 34.9 Å². The second kappa shape index (κ2) is 50.5. The fraction of sp³-hybridized carbons (Fsp3) is 0.456. The number of quaternary nitrogens is 1. The number of H-pyrrole nitrogens is 1. The summed E-state index contributed by atoms with van der Waals surface area (Å²) in [5.41, 5.74) is 5.88. The van der Waals surface area contributed by atoms with E-state index >= 15 is 0 Å². The van der Waals surface area contributed by atoms with E-state index in [-0.39, 0.29) is 70.5 Å². The lowest BCUT2D eigenvalue weighted by Gasteiger charge is -2.31. The number of ether oxygens (including phenoxy) is 4. The highest BCUT2D eigenvalue weighted by atomic mass is 79.9. The number of fused-ring (bicyclic) bond motifs is 12. The van der Waals surface area contributed by atoms with Gasteiger partial charge in [0, 0.05) is 177 Å². The van der Waals surface area contributed by atoms with E-state index in [9.17, 15) is 39.0 Å². The minimum atomic E-state index is -1.11. The molecule has 0 radical (unpaired) electrons. The van der Waals surface area contributed by atoms with Gasteiger partial charge in [0.15, 0.2) is 3.23 Å². The van der Waals surface area contributed by atoms with Crippen molar-refractivity contribution < 1.29 is 67.8 Å². The lowest BCUT2D eigenvalue weighted by atomic mass is 9.75. The molecule has 39 heteroatoms. The first-order valence-electron chi connectivity index (χ1n) is 48.1. The molecule has 10 aromatic heterocycles. The Balaban J connectivity index is 0.000000154. The molecule has 0 bridgehead atoms. The molecule has 2 fully saturated rings. The maximum Gasteiger partial charge on any atom is 0.262 e. The molecule has 17 heterocycles. The van der Waals surface area contributed by atoms with Crippen molar-refractivity contribution in [2.24, 2.45) is 0 Å². The van der Waals surface area contributed by atoms with Crippen molar-refractivity contribution in [1.82, 2.24) is 54.7 Å². The van der Waals surface area contributed by atoms with Crippen LogP contribution in [0.3, 0.4) is 0 Å². The van der Waals surface area contributed by atoms with Gasteiger partial charge in [-0.15, -0.1) is 23.2 Å². The molecule has 10 aromatic rings. The highest BCUT2D eigenvalue weighted by Gasteiger charge is 2.56. The molecule has 2 unspecified atom stereocenters. The summed E-state index contributed by atoms with van der Waals surface area (Å²) >= 11 is 17.3. The third kappa shape index (κ3) is 29.8. The largest absolute Gasteiger partial charge is 0.390 e. The SMILES string of the molecule is C[N+](C)(C)O.C[Si](C)(C)CCOCN1C(=O)C(Br)(Br)c2cccnc21.C[Si](C)(C)CCOCN1C(=O)C2(CC=CC2)c2cccnc21.C[Si](C)(C)CCOCN1C(=O)Cc2cccnc21.C[Si](C)(C)CCOCn1ccc2cccnc21.ClC/C=C\CCl.O=C1Nc2ncccc2C12CC(O)C(O)C2.O=C1Nc2ncccc2C12CC=CC2.O=C1Nc2ncccc2C12CCNCC2.c1cnc2[nH]ccc2c1. The molecular weight excluding hydrogens is 2040 g/mol. The van der Waals surface area contributed by atoms with E-state index in [2.05, 4.69) is 218 Å². The van der Waals surface area contributed by atoms with E-state index in [1.165, 1.54) is 11.4 Å². The molecule has 142 heavy (non-hydrogen) atoms. The van der Waals surface area contributed by atoms with Gasteiger partial charge in [0.05, 0.1) is 61.4 Å². The van der Waals surface area contributed by atoms with Gasteiger partial charge < -0.3 is 60.0 Å². The van der Waals surface area contributed by atoms with Gasteiger partial charge in [-0.25, -0.2) is 45.1 Å². The molecule has 8 N–H and O–H groups in total. The summed E-state index contributed by atoms with van der Waals surface area (Å²) in [4.78, 5) is 115. The maximum absolute atomic E-state index is 13.0. The topological polar surface area (TPSA) is 382 Å². The number of hydroxylamine groups is 3. The summed E-state index contributed by atoms with van der Waals surface area (Å²) in [5.74, 6) is 5.53. The number of nitrogens with one attached hydrogen (secondary N) is 5. The lowest BCUT2D eigenvalue weighted by Crippen LogP contribution is -2.44. The molecule has 31 nitrogen and oxygen atoms in total. The molecule has 3 aliphatic carbocycles. The number of aliphatic hydroxyl groups excluding tert-OH is 2. The lowest BCUT2D eigenvalue weighted by molar-refractivity contribution is -1.06. The molecule has 1 saturated carbocycles. The monoisotopic (exact) mass is 2180 g/mol. The van der Waals surface area contributed by atoms with E-state index in [4.69, 9.17) is 47.4 Å². The Morgan fingerprint density at radius 3 is 1.31 bits per heavy atom. The number of halogens is 4. The van der Waals surface area contributed by atoms with Crippen LogP contribution < -0.4 is 36.0 Å². The smallest absolute Gasteiger partial charge is 0.262 e. The van der Waals surface area contributed by atoms with Gasteiger partial charge >= 0.3 is 0 Å². The number of aromatic amines is 1. The van der Waals surface area contributed by atoms with Gasteiger partial charge in [-0.05, 0) is 161 Å².